The van der Waals surface area contributed by atoms with Crippen LogP contribution in [0.4, 0.5) is 10.5 Å². The van der Waals surface area contributed by atoms with Crippen molar-refractivity contribution in [1.82, 2.24) is 5.32 Å². The van der Waals surface area contributed by atoms with E-state index in [1.54, 1.807) is 18.2 Å². The summed E-state index contributed by atoms with van der Waals surface area (Å²) in [6.45, 7) is 0.0188. The van der Waals surface area contributed by atoms with Gasteiger partial charge in [-0.15, -0.1) is 0 Å². The first-order valence-corrected chi connectivity index (χ1v) is 10.1. The number of carbonyl (C=O) groups is 4. The molecule has 34 heavy (non-hydrogen) atoms. The van der Waals surface area contributed by atoms with Crippen molar-refractivity contribution in [2.45, 2.75) is 0 Å². The summed E-state index contributed by atoms with van der Waals surface area (Å²) in [5.41, 5.74) is 0.186. The molecule has 170 valence electrons. The molecular weight excluding hydrogens is 468 g/mol. The number of hydrogen-bond donors (Lipinski definition) is 2. The van der Waals surface area contributed by atoms with Crippen LogP contribution in [0.2, 0.25) is 5.02 Å². The third-order valence-corrected chi connectivity index (χ3v) is 5.44. The number of amides is 4. The van der Waals surface area contributed by atoms with Crippen LogP contribution >= 0.6 is 11.6 Å². The Labute approximate surface area is 195 Å². The molecule has 0 unspecified atom stereocenters. The Morgan fingerprint density at radius 2 is 1.82 bits per heavy atom. The van der Waals surface area contributed by atoms with Gasteiger partial charge in [0, 0.05) is 11.6 Å². The van der Waals surface area contributed by atoms with E-state index in [2.05, 4.69) is 5.32 Å². The van der Waals surface area contributed by atoms with Crippen LogP contribution in [-0.4, -0.2) is 35.7 Å². The summed E-state index contributed by atoms with van der Waals surface area (Å²) in [6.07, 6.45) is 1.20. The highest BCUT2D eigenvalue weighted by Gasteiger charge is 2.37. The number of nitrogens with one attached hydrogen (secondary N) is 1. The van der Waals surface area contributed by atoms with Crippen molar-refractivity contribution < 1.29 is 38.2 Å². The molecule has 2 aromatic carbocycles. The summed E-state index contributed by atoms with van der Waals surface area (Å²) in [4.78, 5) is 50.0. The fourth-order valence-corrected chi connectivity index (χ4v) is 3.68. The summed E-state index contributed by atoms with van der Waals surface area (Å²) < 4.78 is 16.2. The number of anilines is 1. The van der Waals surface area contributed by atoms with E-state index in [1.807, 2.05) is 0 Å². The maximum atomic E-state index is 13.1. The number of carboxylic acid groups (broad SMARTS) is 1. The monoisotopic (exact) mass is 480 g/mol. The highest BCUT2D eigenvalue weighted by Crippen LogP contribution is 2.36. The molecule has 2 aliphatic rings. The molecule has 0 atom stereocenters. The Balaban J connectivity index is 1.47. The lowest BCUT2D eigenvalue weighted by molar-refractivity contribution is -0.122. The van der Waals surface area contributed by atoms with Crippen LogP contribution in [0.1, 0.15) is 16.1 Å². The molecule has 0 bridgehead atoms. The van der Waals surface area contributed by atoms with E-state index >= 15 is 0 Å². The van der Waals surface area contributed by atoms with E-state index in [0.717, 1.165) is 4.90 Å². The Bertz CT molecular complexity index is 1420. The zero-order chi connectivity index (χ0) is 24.0. The first-order chi connectivity index (χ1) is 16.3. The van der Waals surface area contributed by atoms with Crippen molar-refractivity contribution in [3.05, 3.63) is 70.5 Å². The Hall–Kier alpha value is -4.57. The molecule has 10 nitrogen and oxygen atoms in total. The van der Waals surface area contributed by atoms with Gasteiger partial charge in [-0.2, -0.15) is 0 Å². The summed E-state index contributed by atoms with van der Waals surface area (Å²) >= 11 is 5.90. The van der Waals surface area contributed by atoms with Gasteiger partial charge >= 0.3 is 12.0 Å². The van der Waals surface area contributed by atoms with Gasteiger partial charge in [0.15, 0.2) is 11.5 Å². The third-order valence-electron chi connectivity index (χ3n) is 5.11. The number of fused-ring (bicyclic) bond motifs is 1. The number of carbonyl (C=O) groups excluding carboxylic acids is 3. The van der Waals surface area contributed by atoms with Crippen LogP contribution in [0, 0.1) is 0 Å². The number of aromatic carboxylic acids is 1. The molecule has 0 spiro atoms. The zero-order valence-electron chi connectivity index (χ0n) is 17.0. The minimum Gasteiger partial charge on any atom is -0.478 e. The van der Waals surface area contributed by atoms with Gasteiger partial charge in [0.25, 0.3) is 11.8 Å². The Kier molecular flexibility index (Phi) is 5.06. The molecule has 2 N–H and O–H groups in total. The van der Waals surface area contributed by atoms with Crippen LogP contribution < -0.4 is 19.7 Å². The van der Waals surface area contributed by atoms with E-state index < -0.39 is 23.8 Å². The standard InChI is InChI=1S/C23H13ClN2O8/c24-16-4-1-11(7-14(16)22(29)30)17-6-3-13(34-17)9-15-20(27)25-23(31)26(21(15)28)12-2-5-18-19(8-12)33-10-32-18/h1-9H,10H2,(H,29,30)(H,25,27,31). The van der Waals surface area contributed by atoms with Gasteiger partial charge < -0.3 is 19.0 Å². The molecule has 4 amide bonds. The highest BCUT2D eigenvalue weighted by molar-refractivity contribution is 6.39. The smallest absolute Gasteiger partial charge is 0.337 e. The normalized spacial score (nSPS) is 16.2. The van der Waals surface area contributed by atoms with Crippen molar-refractivity contribution in [3.8, 4) is 22.8 Å². The minimum atomic E-state index is -1.20. The van der Waals surface area contributed by atoms with E-state index in [0.29, 0.717) is 22.8 Å². The van der Waals surface area contributed by atoms with Crippen LogP contribution in [0.25, 0.3) is 17.4 Å². The van der Waals surface area contributed by atoms with E-state index in [4.69, 9.17) is 25.5 Å². The van der Waals surface area contributed by atoms with Crippen molar-refractivity contribution in [1.29, 1.82) is 0 Å². The van der Waals surface area contributed by atoms with Crippen LogP contribution in [0.15, 0.2) is 58.5 Å². The number of furan rings is 1. The largest absolute Gasteiger partial charge is 0.478 e. The molecule has 2 aliphatic heterocycles. The lowest BCUT2D eigenvalue weighted by atomic mass is 10.1. The molecule has 5 rings (SSSR count). The fraction of sp³-hybridized carbons (Fsp3) is 0.0435. The second kappa shape index (κ2) is 8.09. The third kappa shape index (κ3) is 3.65. The topological polar surface area (TPSA) is 135 Å². The summed E-state index contributed by atoms with van der Waals surface area (Å²) in [5, 5.41) is 11.5. The molecule has 0 saturated carbocycles. The zero-order valence-corrected chi connectivity index (χ0v) is 17.8. The first-order valence-electron chi connectivity index (χ1n) is 9.76. The van der Waals surface area contributed by atoms with Gasteiger partial charge in [-0.25, -0.2) is 14.5 Å². The lowest BCUT2D eigenvalue weighted by Gasteiger charge is -2.26. The Morgan fingerprint density at radius 1 is 1.03 bits per heavy atom. The van der Waals surface area contributed by atoms with E-state index in [9.17, 15) is 24.3 Å². The van der Waals surface area contributed by atoms with E-state index in [-0.39, 0.29) is 34.4 Å². The van der Waals surface area contributed by atoms with Gasteiger partial charge in [-0.3, -0.25) is 14.9 Å². The molecule has 1 fully saturated rings. The second-order valence-corrected chi connectivity index (χ2v) is 7.60. The Morgan fingerprint density at radius 3 is 2.62 bits per heavy atom. The average molecular weight is 481 g/mol. The van der Waals surface area contributed by atoms with Gasteiger partial charge in [-0.1, -0.05) is 11.6 Å². The molecule has 0 aliphatic carbocycles. The predicted octanol–water partition coefficient (Wildman–Crippen LogP) is 3.69. The van der Waals surface area contributed by atoms with Crippen molar-refractivity contribution >= 4 is 47.2 Å². The number of benzene rings is 2. The first kappa shape index (κ1) is 21.3. The summed E-state index contributed by atoms with van der Waals surface area (Å²) in [5.74, 6) is -1.68. The molecule has 1 aromatic heterocycles. The molecule has 0 radical (unpaired) electrons. The number of urea groups is 1. The van der Waals surface area contributed by atoms with Crippen molar-refractivity contribution in [2.24, 2.45) is 0 Å². The second-order valence-electron chi connectivity index (χ2n) is 7.20. The number of barbiturate groups is 1. The molecular formula is C23H13ClN2O8. The van der Waals surface area contributed by atoms with Crippen molar-refractivity contribution in [2.75, 3.05) is 11.7 Å². The number of hydrogen-bond acceptors (Lipinski definition) is 7. The summed E-state index contributed by atoms with van der Waals surface area (Å²) in [7, 11) is 0. The summed E-state index contributed by atoms with van der Waals surface area (Å²) in [6, 6.07) is 11.0. The maximum Gasteiger partial charge on any atom is 0.337 e. The number of ether oxygens (including phenoxy) is 2. The maximum absolute atomic E-state index is 13.1. The van der Waals surface area contributed by atoms with Crippen LogP contribution in [0.5, 0.6) is 11.5 Å². The number of nitrogens with zero attached hydrogens (tertiary/aromatic N) is 1. The van der Waals surface area contributed by atoms with Gasteiger partial charge in [0.05, 0.1) is 16.3 Å². The SMILES string of the molecule is O=C1NC(=O)N(c2ccc3c(c2)OCO3)C(=O)C1=Cc1ccc(-c2ccc(Cl)c(C(=O)O)c2)o1. The number of imide groups is 2. The predicted molar refractivity (Wildman–Crippen MR) is 118 cm³/mol. The average Bonchev–Trinajstić information content (AvgIpc) is 3.46. The van der Waals surface area contributed by atoms with Gasteiger partial charge in [0.2, 0.25) is 6.79 Å². The van der Waals surface area contributed by atoms with Crippen molar-refractivity contribution in [3.63, 3.8) is 0 Å². The van der Waals surface area contributed by atoms with Crippen LogP contribution in [-0.2, 0) is 9.59 Å². The highest BCUT2D eigenvalue weighted by atomic mass is 35.5. The van der Waals surface area contributed by atoms with E-state index in [1.165, 1.54) is 36.4 Å². The van der Waals surface area contributed by atoms with Crippen LogP contribution in [0.3, 0.4) is 0 Å². The van der Waals surface area contributed by atoms with Gasteiger partial charge in [-0.05, 0) is 48.5 Å². The number of halogens is 1. The minimum absolute atomic E-state index is 0.0188. The van der Waals surface area contributed by atoms with Gasteiger partial charge in [0.1, 0.15) is 17.1 Å². The number of rotatable bonds is 4. The quantitative estimate of drug-likeness (QED) is 0.426. The number of carboxylic acids is 1. The molecule has 3 aromatic rings. The lowest BCUT2D eigenvalue weighted by Crippen LogP contribution is -2.54. The molecule has 1 saturated heterocycles. The molecule has 3 heterocycles. The molecule has 11 heteroatoms. The fourth-order valence-electron chi connectivity index (χ4n) is 3.49.